The molecule has 7 heteroatoms. The third kappa shape index (κ3) is 4.34. The Labute approximate surface area is 181 Å². The van der Waals surface area contributed by atoms with Crippen LogP contribution in [0.3, 0.4) is 0 Å². The highest BCUT2D eigenvalue weighted by molar-refractivity contribution is 14.1. The molecule has 2 heterocycles. The minimum atomic E-state index is -0.184. The van der Waals surface area contributed by atoms with Gasteiger partial charge in [-0.15, -0.1) is 0 Å². The predicted octanol–water partition coefficient (Wildman–Crippen LogP) is 4.89. The number of rotatable bonds is 5. The Bertz CT molecular complexity index is 1160. The fourth-order valence-corrected chi connectivity index (χ4v) is 3.60. The summed E-state index contributed by atoms with van der Waals surface area (Å²) in [6.45, 7) is 2.01. The third-order valence-electron chi connectivity index (χ3n) is 4.38. The van der Waals surface area contributed by atoms with Gasteiger partial charge >= 0.3 is 0 Å². The van der Waals surface area contributed by atoms with Gasteiger partial charge in [-0.2, -0.15) is 0 Å². The van der Waals surface area contributed by atoms with Gasteiger partial charge in [-0.05, 0) is 53.3 Å². The number of hydrogen-bond donors (Lipinski definition) is 1. The second-order valence-electron chi connectivity index (χ2n) is 6.52. The molecule has 0 aliphatic carbocycles. The maximum Gasteiger partial charge on any atom is 0.241 e. The van der Waals surface area contributed by atoms with E-state index in [1.165, 1.54) is 6.33 Å². The summed E-state index contributed by atoms with van der Waals surface area (Å²) in [5, 5.41) is 7.09. The van der Waals surface area contributed by atoms with Crippen LogP contribution < -0.4 is 5.32 Å². The van der Waals surface area contributed by atoms with Crippen molar-refractivity contribution < 1.29 is 9.32 Å². The van der Waals surface area contributed by atoms with Crippen molar-refractivity contribution in [2.45, 2.75) is 13.3 Å². The van der Waals surface area contributed by atoms with E-state index in [9.17, 15) is 4.79 Å². The number of nitrogens with one attached hydrogen (secondary N) is 1. The summed E-state index contributed by atoms with van der Waals surface area (Å²) in [5.74, 6) is 0.0903. The van der Waals surface area contributed by atoms with Crippen LogP contribution in [0.15, 0.2) is 71.6 Å². The van der Waals surface area contributed by atoms with Gasteiger partial charge in [0.1, 0.15) is 12.0 Å². The van der Waals surface area contributed by atoms with E-state index in [0.29, 0.717) is 17.0 Å². The number of aryl methyl sites for hydroxylation is 1. The maximum absolute atomic E-state index is 12.7. The molecule has 2 aromatic carbocycles. The number of amides is 1. The Kier molecular flexibility index (Phi) is 5.66. The van der Waals surface area contributed by atoms with Gasteiger partial charge in [0.15, 0.2) is 0 Å². The van der Waals surface area contributed by atoms with E-state index < -0.39 is 0 Å². The minimum absolute atomic E-state index is 0.184. The first-order valence-electron chi connectivity index (χ1n) is 8.98. The highest BCUT2D eigenvalue weighted by atomic mass is 127. The van der Waals surface area contributed by atoms with Gasteiger partial charge in [0.05, 0.1) is 17.7 Å². The molecule has 0 radical (unpaired) electrons. The van der Waals surface area contributed by atoms with E-state index >= 15 is 0 Å². The summed E-state index contributed by atoms with van der Waals surface area (Å²) >= 11 is 2.22. The molecular weight excluding hydrogens is 479 g/mol. The molecule has 0 unspecified atom stereocenters. The molecule has 0 fully saturated rings. The van der Waals surface area contributed by atoms with Gasteiger partial charge in [0.2, 0.25) is 11.8 Å². The molecule has 29 heavy (non-hydrogen) atoms. The Morgan fingerprint density at radius 1 is 1.14 bits per heavy atom. The molecule has 0 aliphatic rings. The van der Waals surface area contributed by atoms with Crippen molar-refractivity contribution in [1.29, 1.82) is 0 Å². The maximum atomic E-state index is 12.7. The molecule has 4 rings (SSSR count). The van der Waals surface area contributed by atoms with Gasteiger partial charge in [-0.1, -0.05) is 47.1 Å². The van der Waals surface area contributed by atoms with Gasteiger partial charge in [0.25, 0.3) is 0 Å². The minimum Gasteiger partial charge on any atom is -0.337 e. The molecule has 0 atom stereocenters. The van der Waals surface area contributed by atoms with Crippen LogP contribution in [0.5, 0.6) is 0 Å². The first-order chi connectivity index (χ1) is 14.1. The summed E-state index contributed by atoms with van der Waals surface area (Å²) in [6, 6.07) is 17.5. The highest BCUT2D eigenvalue weighted by Gasteiger charge is 2.22. The summed E-state index contributed by atoms with van der Waals surface area (Å²) < 4.78 is 6.58. The van der Waals surface area contributed by atoms with Crippen molar-refractivity contribution in [1.82, 2.24) is 15.1 Å². The van der Waals surface area contributed by atoms with E-state index in [0.717, 1.165) is 20.3 Å². The van der Waals surface area contributed by atoms with Gasteiger partial charge in [-0.25, -0.2) is 9.97 Å². The SMILES string of the molecule is Cc1cccc(-c2noc(NC(=O)Cc3ccccc3I)c2-c2ccncn2)c1. The monoisotopic (exact) mass is 496 g/mol. The molecule has 0 bridgehead atoms. The average molecular weight is 496 g/mol. The molecule has 0 saturated heterocycles. The fourth-order valence-electron chi connectivity index (χ4n) is 3.03. The zero-order valence-electron chi connectivity index (χ0n) is 15.6. The molecule has 0 aliphatic heterocycles. The van der Waals surface area contributed by atoms with Crippen molar-refractivity contribution in [2.24, 2.45) is 0 Å². The fraction of sp³-hybridized carbons (Fsp3) is 0.0909. The summed E-state index contributed by atoms with van der Waals surface area (Å²) in [4.78, 5) is 21.0. The van der Waals surface area contributed by atoms with Crippen LogP contribution in [0.2, 0.25) is 0 Å². The van der Waals surface area contributed by atoms with E-state index in [2.05, 4.69) is 43.0 Å². The Hall–Kier alpha value is -3.07. The van der Waals surface area contributed by atoms with Crippen LogP contribution in [0.25, 0.3) is 22.5 Å². The zero-order chi connectivity index (χ0) is 20.2. The molecule has 144 valence electrons. The topological polar surface area (TPSA) is 80.9 Å². The lowest BCUT2D eigenvalue weighted by molar-refractivity contribution is -0.115. The van der Waals surface area contributed by atoms with Crippen LogP contribution in [0.4, 0.5) is 5.88 Å². The van der Waals surface area contributed by atoms with Crippen LogP contribution in [0.1, 0.15) is 11.1 Å². The van der Waals surface area contributed by atoms with Crippen LogP contribution in [-0.2, 0) is 11.2 Å². The number of hydrogen-bond acceptors (Lipinski definition) is 5. The van der Waals surface area contributed by atoms with Crippen molar-refractivity contribution in [3.8, 4) is 22.5 Å². The smallest absolute Gasteiger partial charge is 0.241 e. The van der Waals surface area contributed by atoms with Crippen molar-refractivity contribution >= 4 is 34.4 Å². The molecule has 4 aromatic rings. The van der Waals surface area contributed by atoms with Crippen molar-refractivity contribution in [3.63, 3.8) is 0 Å². The largest absolute Gasteiger partial charge is 0.337 e. The van der Waals surface area contributed by atoms with E-state index in [4.69, 9.17) is 4.52 Å². The Balaban J connectivity index is 1.70. The lowest BCUT2D eigenvalue weighted by Gasteiger charge is -2.07. The summed E-state index contributed by atoms with van der Waals surface area (Å²) in [7, 11) is 0. The van der Waals surface area contributed by atoms with Gasteiger partial charge < -0.3 is 4.52 Å². The molecule has 1 amide bonds. The lowest BCUT2D eigenvalue weighted by atomic mass is 10.0. The number of anilines is 1. The van der Waals surface area contributed by atoms with Crippen molar-refractivity contribution in [3.05, 3.63) is 81.8 Å². The number of halogens is 1. The van der Waals surface area contributed by atoms with E-state index in [1.54, 1.807) is 12.3 Å². The quantitative estimate of drug-likeness (QED) is 0.398. The van der Waals surface area contributed by atoms with E-state index in [1.807, 2.05) is 55.5 Å². The molecule has 1 N–H and O–H groups in total. The first kappa shape index (κ1) is 19.3. The van der Waals surface area contributed by atoms with Crippen LogP contribution >= 0.6 is 22.6 Å². The molecule has 6 nitrogen and oxygen atoms in total. The second kappa shape index (κ2) is 8.52. The van der Waals surface area contributed by atoms with Crippen molar-refractivity contribution in [2.75, 3.05) is 5.32 Å². The molecule has 0 saturated carbocycles. The molecule has 2 aromatic heterocycles. The molecule has 0 spiro atoms. The first-order valence-corrected chi connectivity index (χ1v) is 10.1. The predicted molar refractivity (Wildman–Crippen MR) is 119 cm³/mol. The number of carbonyl (C=O) groups excluding carboxylic acids is 1. The normalized spacial score (nSPS) is 10.7. The summed E-state index contributed by atoms with van der Waals surface area (Å²) in [5.41, 5.74) is 4.82. The van der Waals surface area contributed by atoms with Crippen LogP contribution in [0, 0.1) is 10.5 Å². The van der Waals surface area contributed by atoms with Gasteiger partial charge in [-0.3, -0.25) is 10.1 Å². The number of nitrogens with zero attached hydrogens (tertiary/aromatic N) is 3. The van der Waals surface area contributed by atoms with Crippen LogP contribution in [-0.4, -0.2) is 21.0 Å². The number of benzene rings is 2. The Morgan fingerprint density at radius 3 is 2.76 bits per heavy atom. The molecular formula is C22H17IN4O2. The Morgan fingerprint density at radius 2 is 2.00 bits per heavy atom. The number of carbonyl (C=O) groups is 1. The average Bonchev–Trinajstić information content (AvgIpc) is 3.14. The number of aromatic nitrogens is 3. The lowest BCUT2D eigenvalue weighted by Crippen LogP contribution is -2.15. The standard InChI is InChI=1S/C22H17IN4O2/c1-14-5-4-7-16(11-14)21-20(18-9-10-24-13-25-18)22(29-27-21)26-19(28)12-15-6-2-3-8-17(15)23/h2-11,13H,12H2,1H3,(H,26,28). The third-order valence-corrected chi connectivity index (χ3v) is 5.44. The summed E-state index contributed by atoms with van der Waals surface area (Å²) in [6.07, 6.45) is 3.34. The second-order valence-corrected chi connectivity index (χ2v) is 7.68. The van der Waals surface area contributed by atoms with Gasteiger partial charge in [0, 0.05) is 15.3 Å². The van der Waals surface area contributed by atoms with E-state index in [-0.39, 0.29) is 18.2 Å². The zero-order valence-corrected chi connectivity index (χ0v) is 17.8. The highest BCUT2D eigenvalue weighted by Crippen LogP contribution is 2.36.